The highest BCUT2D eigenvalue weighted by Gasteiger charge is 2.29. The summed E-state index contributed by atoms with van der Waals surface area (Å²) in [6.45, 7) is 8.84. The Labute approximate surface area is 125 Å². The van der Waals surface area contributed by atoms with E-state index in [9.17, 15) is 4.79 Å². The number of hydrogen-bond donors (Lipinski definition) is 1. The monoisotopic (exact) mass is 295 g/mol. The topological polar surface area (TPSA) is 40.5 Å². The summed E-state index contributed by atoms with van der Waals surface area (Å²) in [5.74, 6) is -0.208. The van der Waals surface area contributed by atoms with E-state index in [2.05, 4.69) is 25.7 Å². The molecule has 0 aliphatic carbocycles. The molecule has 1 N–H and O–H groups in total. The first-order valence-electron chi connectivity index (χ1n) is 7.07. The van der Waals surface area contributed by atoms with E-state index in [1.165, 1.54) is 6.07 Å². The van der Waals surface area contributed by atoms with Crippen LogP contribution in [0, 0.1) is 11.3 Å². The van der Waals surface area contributed by atoms with Gasteiger partial charge in [0, 0.05) is 13.1 Å². The second kappa shape index (κ2) is 5.65. The van der Waals surface area contributed by atoms with Gasteiger partial charge in [0.2, 0.25) is 0 Å². The summed E-state index contributed by atoms with van der Waals surface area (Å²) >= 11 is 6.23. The Bertz CT molecular complexity index is 500. The van der Waals surface area contributed by atoms with Crippen LogP contribution in [0.15, 0.2) is 18.2 Å². The molecule has 1 aromatic carbocycles. The molecular formula is C16H22ClNO2. The van der Waals surface area contributed by atoms with E-state index < -0.39 is 5.97 Å². The Morgan fingerprint density at radius 2 is 1.90 bits per heavy atom. The summed E-state index contributed by atoms with van der Waals surface area (Å²) < 4.78 is 0. The van der Waals surface area contributed by atoms with E-state index in [0.717, 1.165) is 37.5 Å². The zero-order valence-corrected chi connectivity index (χ0v) is 13.1. The fourth-order valence-corrected chi connectivity index (χ4v) is 3.18. The molecular weight excluding hydrogens is 274 g/mol. The molecule has 0 saturated carbocycles. The molecule has 1 aromatic rings. The van der Waals surface area contributed by atoms with E-state index in [4.69, 9.17) is 16.7 Å². The molecule has 0 aromatic heterocycles. The number of anilines is 1. The third-order valence-corrected chi connectivity index (χ3v) is 4.56. The van der Waals surface area contributed by atoms with Crippen molar-refractivity contribution in [3.63, 3.8) is 0 Å². The molecule has 0 amide bonds. The van der Waals surface area contributed by atoms with Crippen LogP contribution >= 0.6 is 11.6 Å². The fourth-order valence-electron chi connectivity index (χ4n) is 2.88. The van der Waals surface area contributed by atoms with Crippen molar-refractivity contribution in [1.29, 1.82) is 0 Å². The molecule has 1 aliphatic heterocycles. The van der Waals surface area contributed by atoms with Crippen LogP contribution in [0.2, 0.25) is 5.02 Å². The van der Waals surface area contributed by atoms with Crippen molar-refractivity contribution < 1.29 is 9.90 Å². The maximum absolute atomic E-state index is 10.9. The van der Waals surface area contributed by atoms with E-state index in [0.29, 0.717) is 10.4 Å². The van der Waals surface area contributed by atoms with Crippen molar-refractivity contribution in [2.45, 2.75) is 33.6 Å². The number of carbonyl (C=O) groups is 1. The minimum atomic E-state index is -0.940. The predicted octanol–water partition coefficient (Wildman–Crippen LogP) is 4.30. The van der Waals surface area contributed by atoms with E-state index in [-0.39, 0.29) is 5.56 Å². The molecule has 3 nitrogen and oxygen atoms in total. The van der Waals surface area contributed by atoms with Crippen molar-refractivity contribution >= 4 is 23.3 Å². The van der Waals surface area contributed by atoms with Crippen LogP contribution in [0.1, 0.15) is 44.0 Å². The molecule has 2 rings (SSSR count). The number of nitrogens with zero attached hydrogens (tertiary/aromatic N) is 1. The maximum atomic E-state index is 10.9. The minimum absolute atomic E-state index is 0.239. The Kier molecular flexibility index (Phi) is 4.28. The molecule has 0 radical (unpaired) electrons. The zero-order chi connectivity index (χ0) is 14.9. The molecule has 0 bridgehead atoms. The lowest BCUT2D eigenvalue weighted by atomic mass is 9.75. The van der Waals surface area contributed by atoms with Gasteiger partial charge in [-0.2, -0.15) is 0 Å². The zero-order valence-electron chi connectivity index (χ0n) is 12.3. The molecule has 1 saturated heterocycles. The first kappa shape index (κ1) is 15.2. The highest BCUT2D eigenvalue weighted by Crippen LogP contribution is 2.37. The quantitative estimate of drug-likeness (QED) is 0.884. The van der Waals surface area contributed by atoms with Crippen LogP contribution in [-0.4, -0.2) is 24.2 Å². The normalized spacial score (nSPS) is 17.3. The van der Waals surface area contributed by atoms with Crippen molar-refractivity contribution in [2.24, 2.45) is 11.3 Å². The van der Waals surface area contributed by atoms with E-state index in [1.807, 2.05) is 6.07 Å². The van der Waals surface area contributed by atoms with E-state index >= 15 is 0 Å². The third-order valence-electron chi connectivity index (χ3n) is 4.26. The fraction of sp³-hybridized carbons (Fsp3) is 0.562. The van der Waals surface area contributed by atoms with Crippen molar-refractivity contribution in [2.75, 3.05) is 18.0 Å². The summed E-state index contributed by atoms with van der Waals surface area (Å²) in [4.78, 5) is 13.2. The van der Waals surface area contributed by atoms with Crippen molar-refractivity contribution in [3.8, 4) is 0 Å². The summed E-state index contributed by atoms with van der Waals surface area (Å²) in [7, 11) is 0. The van der Waals surface area contributed by atoms with E-state index in [1.54, 1.807) is 6.07 Å². The number of carboxylic acid groups (broad SMARTS) is 1. The number of hydrogen-bond acceptors (Lipinski definition) is 2. The highest BCUT2D eigenvalue weighted by molar-refractivity contribution is 6.33. The highest BCUT2D eigenvalue weighted by atomic mass is 35.5. The number of aromatic carboxylic acids is 1. The molecule has 0 unspecified atom stereocenters. The average molecular weight is 296 g/mol. The summed E-state index contributed by atoms with van der Waals surface area (Å²) in [5, 5.41) is 9.49. The lowest BCUT2D eigenvalue weighted by Gasteiger charge is -2.40. The van der Waals surface area contributed by atoms with Gasteiger partial charge in [-0.1, -0.05) is 32.4 Å². The van der Waals surface area contributed by atoms with Crippen LogP contribution in [0.5, 0.6) is 0 Å². The summed E-state index contributed by atoms with van der Waals surface area (Å²) in [5.41, 5.74) is 1.54. The molecule has 1 aliphatic rings. The Balaban J connectivity index is 2.09. The Morgan fingerprint density at radius 3 is 2.35 bits per heavy atom. The van der Waals surface area contributed by atoms with Gasteiger partial charge in [-0.25, -0.2) is 4.79 Å². The van der Waals surface area contributed by atoms with Gasteiger partial charge in [0.15, 0.2) is 0 Å². The SMILES string of the molecule is CC(C)(C)C1CCN(c2ccc(C(=O)O)cc2Cl)CC1. The van der Waals surface area contributed by atoms with Gasteiger partial charge in [0.1, 0.15) is 0 Å². The van der Waals surface area contributed by atoms with Gasteiger partial charge in [0.05, 0.1) is 16.3 Å². The molecule has 0 spiro atoms. The molecule has 0 atom stereocenters. The van der Waals surface area contributed by atoms with Crippen LogP contribution in [-0.2, 0) is 0 Å². The van der Waals surface area contributed by atoms with Crippen LogP contribution < -0.4 is 4.90 Å². The number of carboxylic acids is 1. The molecule has 1 heterocycles. The maximum Gasteiger partial charge on any atom is 0.335 e. The number of rotatable bonds is 2. The first-order chi connectivity index (χ1) is 9.29. The summed E-state index contributed by atoms with van der Waals surface area (Å²) in [6.07, 6.45) is 2.31. The average Bonchev–Trinajstić information content (AvgIpc) is 2.37. The van der Waals surface area contributed by atoms with Crippen LogP contribution in [0.4, 0.5) is 5.69 Å². The lowest BCUT2D eigenvalue weighted by Crippen LogP contribution is -2.38. The van der Waals surface area contributed by atoms with Gasteiger partial charge in [-0.15, -0.1) is 0 Å². The van der Waals surface area contributed by atoms with Gasteiger partial charge in [-0.3, -0.25) is 0 Å². The van der Waals surface area contributed by atoms with Crippen LogP contribution in [0.3, 0.4) is 0 Å². The third kappa shape index (κ3) is 3.26. The van der Waals surface area contributed by atoms with Gasteiger partial charge < -0.3 is 10.0 Å². The molecule has 20 heavy (non-hydrogen) atoms. The minimum Gasteiger partial charge on any atom is -0.478 e. The summed E-state index contributed by atoms with van der Waals surface area (Å²) in [6, 6.07) is 4.98. The predicted molar refractivity (Wildman–Crippen MR) is 82.8 cm³/mol. The van der Waals surface area contributed by atoms with Gasteiger partial charge in [-0.05, 0) is 42.4 Å². The van der Waals surface area contributed by atoms with Gasteiger partial charge in [0.25, 0.3) is 0 Å². The van der Waals surface area contributed by atoms with Gasteiger partial charge >= 0.3 is 5.97 Å². The lowest BCUT2D eigenvalue weighted by molar-refractivity contribution is 0.0697. The Hall–Kier alpha value is -1.22. The van der Waals surface area contributed by atoms with Crippen molar-refractivity contribution in [3.05, 3.63) is 28.8 Å². The number of benzene rings is 1. The molecule has 110 valence electrons. The molecule has 4 heteroatoms. The second-order valence-corrected chi connectivity index (χ2v) is 7.01. The Morgan fingerprint density at radius 1 is 1.30 bits per heavy atom. The second-order valence-electron chi connectivity index (χ2n) is 6.60. The number of halogens is 1. The number of piperidine rings is 1. The molecule has 1 fully saturated rings. The first-order valence-corrected chi connectivity index (χ1v) is 7.44. The van der Waals surface area contributed by atoms with Crippen molar-refractivity contribution in [1.82, 2.24) is 0 Å². The van der Waals surface area contributed by atoms with Crippen LogP contribution in [0.25, 0.3) is 0 Å². The largest absolute Gasteiger partial charge is 0.478 e. The standard InChI is InChI=1S/C16H22ClNO2/c1-16(2,3)12-6-8-18(9-7-12)14-5-4-11(15(19)20)10-13(14)17/h4-5,10,12H,6-9H2,1-3H3,(H,19,20). The smallest absolute Gasteiger partial charge is 0.335 e.